The molecule has 5 rings (SSSR count). The number of carboxylic acid groups (broad SMARTS) is 1. The first-order valence-electron chi connectivity index (χ1n) is 11.8. The van der Waals surface area contributed by atoms with Crippen LogP contribution in [0.3, 0.4) is 0 Å². The van der Waals surface area contributed by atoms with Gasteiger partial charge in [-0.15, -0.1) is 0 Å². The van der Waals surface area contributed by atoms with Gasteiger partial charge < -0.3 is 25.0 Å². The Hall–Kier alpha value is -3.88. The van der Waals surface area contributed by atoms with Crippen LogP contribution in [0, 0.1) is 5.41 Å². The number of hydrogen-bond acceptors (Lipinski definition) is 5. The van der Waals surface area contributed by atoms with E-state index in [1.54, 1.807) is 0 Å². The first-order chi connectivity index (χ1) is 16.9. The number of carbonyl (C=O) groups is 4. The maximum absolute atomic E-state index is 13.1. The molecule has 9 heteroatoms. The van der Waals surface area contributed by atoms with E-state index in [2.05, 4.69) is 29.6 Å². The molecule has 2 fully saturated rings. The monoisotopic (exact) mass is 477 g/mol. The van der Waals surface area contributed by atoms with Crippen molar-refractivity contribution in [2.75, 3.05) is 39.3 Å². The van der Waals surface area contributed by atoms with Crippen molar-refractivity contribution in [2.45, 2.75) is 18.8 Å². The summed E-state index contributed by atoms with van der Waals surface area (Å²) in [6.07, 6.45) is 0.672. The molecule has 0 spiro atoms. The predicted molar refractivity (Wildman–Crippen MR) is 126 cm³/mol. The Kier molecular flexibility index (Phi) is 5.92. The second-order valence-electron chi connectivity index (χ2n) is 9.40. The van der Waals surface area contributed by atoms with Gasteiger partial charge in [-0.3, -0.25) is 14.4 Å². The van der Waals surface area contributed by atoms with Crippen LogP contribution >= 0.6 is 0 Å². The highest BCUT2D eigenvalue weighted by atomic mass is 16.5. The van der Waals surface area contributed by atoms with E-state index in [1.165, 1.54) is 9.80 Å². The van der Waals surface area contributed by atoms with Crippen LogP contribution in [0.25, 0.3) is 11.1 Å². The number of alkyl carbamates (subject to hydrolysis) is 1. The van der Waals surface area contributed by atoms with E-state index < -0.39 is 17.5 Å². The number of benzene rings is 2. The molecule has 35 heavy (non-hydrogen) atoms. The summed E-state index contributed by atoms with van der Waals surface area (Å²) in [6.45, 7) is 0.304. The van der Waals surface area contributed by atoms with Gasteiger partial charge in [0.05, 0.1) is 12.0 Å². The third-order valence-electron chi connectivity index (χ3n) is 7.15. The lowest BCUT2D eigenvalue weighted by Gasteiger charge is -2.35. The Bertz CT molecular complexity index is 1150. The Morgan fingerprint density at radius 2 is 1.63 bits per heavy atom. The molecule has 1 saturated carbocycles. The second kappa shape index (κ2) is 9.05. The summed E-state index contributed by atoms with van der Waals surface area (Å²) in [5.41, 5.74) is 3.83. The lowest BCUT2D eigenvalue weighted by atomic mass is 9.98. The van der Waals surface area contributed by atoms with Gasteiger partial charge in [-0.1, -0.05) is 48.5 Å². The zero-order chi connectivity index (χ0) is 24.6. The van der Waals surface area contributed by atoms with Crippen LogP contribution in [0.2, 0.25) is 0 Å². The molecule has 2 aromatic rings. The number of amides is 3. The topological polar surface area (TPSA) is 116 Å². The number of nitrogens with one attached hydrogen (secondary N) is 1. The number of hydrogen-bond donors (Lipinski definition) is 2. The fourth-order valence-electron chi connectivity index (χ4n) is 5.06. The van der Waals surface area contributed by atoms with E-state index in [9.17, 15) is 19.2 Å². The van der Waals surface area contributed by atoms with E-state index in [-0.39, 0.29) is 57.1 Å². The van der Waals surface area contributed by atoms with E-state index in [0.717, 1.165) is 22.3 Å². The average molecular weight is 478 g/mol. The fraction of sp³-hybridized carbons (Fsp3) is 0.385. The molecule has 0 radical (unpaired) electrons. The highest BCUT2D eigenvalue weighted by molar-refractivity contribution is 5.92. The van der Waals surface area contributed by atoms with Crippen molar-refractivity contribution in [2.24, 2.45) is 5.41 Å². The predicted octanol–water partition coefficient (Wildman–Crippen LogP) is 2.06. The Balaban J connectivity index is 1.15. The fourth-order valence-corrected chi connectivity index (χ4v) is 5.06. The van der Waals surface area contributed by atoms with Gasteiger partial charge in [0.25, 0.3) is 0 Å². The molecule has 3 amide bonds. The maximum atomic E-state index is 13.1. The van der Waals surface area contributed by atoms with E-state index in [1.807, 2.05) is 24.3 Å². The summed E-state index contributed by atoms with van der Waals surface area (Å²) >= 11 is 0. The zero-order valence-electron chi connectivity index (χ0n) is 19.2. The van der Waals surface area contributed by atoms with E-state index in [0.29, 0.717) is 12.8 Å². The van der Waals surface area contributed by atoms with Crippen LogP contribution in [0.15, 0.2) is 48.5 Å². The molecule has 182 valence electrons. The second-order valence-corrected chi connectivity index (χ2v) is 9.40. The van der Waals surface area contributed by atoms with Crippen LogP contribution in [0.5, 0.6) is 0 Å². The molecule has 0 bridgehead atoms. The Morgan fingerprint density at radius 3 is 2.20 bits per heavy atom. The van der Waals surface area contributed by atoms with Crippen molar-refractivity contribution in [3.05, 3.63) is 59.7 Å². The molecule has 0 atom stereocenters. The van der Waals surface area contributed by atoms with Crippen LogP contribution in [0.4, 0.5) is 4.79 Å². The molecule has 2 aromatic carbocycles. The van der Waals surface area contributed by atoms with Crippen LogP contribution in [-0.4, -0.2) is 78.1 Å². The lowest BCUT2D eigenvalue weighted by molar-refractivity contribution is -0.152. The van der Waals surface area contributed by atoms with Gasteiger partial charge in [-0.25, -0.2) is 4.79 Å². The maximum Gasteiger partial charge on any atom is 0.407 e. The standard InChI is InChI=1S/C26H27N3O6/c30-22-13-29(12-11-28(22)14-23(31)32)24(33)26(9-10-26)16-27-25(34)35-15-21-19-7-3-1-5-17(19)18-6-2-4-8-20(18)21/h1-8,21H,9-16H2,(H,27,34)(H,31,32). The van der Waals surface area contributed by atoms with Gasteiger partial charge in [0.15, 0.2) is 0 Å². The number of nitrogens with zero attached hydrogens (tertiary/aromatic N) is 2. The third-order valence-corrected chi connectivity index (χ3v) is 7.15. The number of fused-ring (bicyclic) bond motifs is 3. The summed E-state index contributed by atoms with van der Waals surface area (Å²) in [7, 11) is 0. The van der Waals surface area contributed by atoms with Gasteiger partial charge in [-0.2, -0.15) is 0 Å². The van der Waals surface area contributed by atoms with Crippen molar-refractivity contribution < 1.29 is 29.0 Å². The first kappa shape index (κ1) is 22.9. The van der Waals surface area contributed by atoms with Gasteiger partial charge in [-0.05, 0) is 35.1 Å². The summed E-state index contributed by atoms with van der Waals surface area (Å²) in [6, 6.07) is 16.2. The summed E-state index contributed by atoms with van der Waals surface area (Å²) in [4.78, 5) is 51.4. The van der Waals surface area contributed by atoms with E-state index in [4.69, 9.17) is 9.84 Å². The zero-order valence-corrected chi connectivity index (χ0v) is 19.2. The van der Waals surface area contributed by atoms with Crippen molar-refractivity contribution in [3.8, 4) is 11.1 Å². The van der Waals surface area contributed by atoms with Gasteiger partial charge in [0, 0.05) is 25.6 Å². The van der Waals surface area contributed by atoms with Gasteiger partial charge >= 0.3 is 12.1 Å². The summed E-state index contributed by atoms with van der Waals surface area (Å²) < 4.78 is 5.56. The number of rotatable bonds is 7. The molecule has 1 aliphatic heterocycles. The molecular weight excluding hydrogens is 450 g/mol. The smallest absolute Gasteiger partial charge is 0.407 e. The van der Waals surface area contributed by atoms with Gasteiger partial charge in [0.1, 0.15) is 13.2 Å². The van der Waals surface area contributed by atoms with Crippen molar-refractivity contribution in [1.82, 2.24) is 15.1 Å². The third kappa shape index (κ3) is 4.45. The number of aliphatic carboxylic acids is 1. The van der Waals surface area contributed by atoms with Crippen LogP contribution < -0.4 is 5.32 Å². The molecule has 0 unspecified atom stereocenters. The number of piperazine rings is 1. The Morgan fingerprint density at radius 1 is 1.00 bits per heavy atom. The molecule has 3 aliphatic rings. The quantitative estimate of drug-likeness (QED) is 0.631. The highest BCUT2D eigenvalue weighted by Crippen LogP contribution is 2.47. The van der Waals surface area contributed by atoms with Crippen molar-refractivity contribution >= 4 is 23.9 Å². The normalized spacial score (nSPS) is 18.0. The summed E-state index contributed by atoms with van der Waals surface area (Å²) in [5.74, 6) is -1.69. The Labute approximate surface area is 202 Å². The highest BCUT2D eigenvalue weighted by Gasteiger charge is 2.52. The molecule has 9 nitrogen and oxygen atoms in total. The number of carboxylic acids is 1. The molecule has 2 N–H and O–H groups in total. The van der Waals surface area contributed by atoms with Crippen molar-refractivity contribution in [3.63, 3.8) is 0 Å². The lowest BCUT2D eigenvalue weighted by Crippen LogP contribution is -2.55. The molecular formula is C26H27N3O6. The van der Waals surface area contributed by atoms with E-state index >= 15 is 0 Å². The number of carbonyl (C=O) groups excluding carboxylic acids is 3. The van der Waals surface area contributed by atoms with Gasteiger partial charge in [0.2, 0.25) is 11.8 Å². The largest absolute Gasteiger partial charge is 0.480 e. The minimum absolute atomic E-state index is 0.0437. The first-order valence-corrected chi connectivity index (χ1v) is 11.8. The minimum atomic E-state index is -1.08. The van der Waals surface area contributed by atoms with Crippen molar-refractivity contribution in [1.29, 1.82) is 0 Å². The average Bonchev–Trinajstić information content (AvgIpc) is 3.58. The SMILES string of the molecule is O=C(O)CN1CCN(C(=O)C2(CNC(=O)OCC3c4ccccc4-c4ccccc43)CC2)CC1=O. The molecule has 1 saturated heterocycles. The van der Waals surface area contributed by atoms with Crippen LogP contribution in [-0.2, 0) is 19.1 Å². The summed E-state index contributed by atoms with van der Waals surface area (Å²) in [5, 5.41) is 11.6. The van der Waals surface area contributed by atoms with Crippen LogP contribution in [0.1, 0.15) is 29.9 Å². The molecule has 1 heterocycles. The number of ether oxygens (including phenoxy) is 1. The minimum Gasteiger partial charge on any atom is -0.480 e. The molecule has 2 aliphatic carbocycles. The molecule has 0 aromatic heterocycles.